The van der Waals surface area contributed by atoms with Crippen molar-refractivity contribution in [2.45, 2.75) is 59.1 Å². The van der Waals surface area contributed by atoms with Gasteiger partial charge in [0.2, 0.25) is 0 Å². The minimum Gasteiger partial charge on any atom is -0.481 e. The maximum absolute atomic E-state index is 12.0. The van der Waals surface area contributed by atoms with Crippen LogP contribution in [0.15, 0.2) is 18.2 Å². The van der Waals surface area contributed by atoms with E-state index in [0.29, 0.717) is 12.3 Å². The molecule has 21 heavy (non-hydrogen) atoms. The summed E-state index contributed by atoms with van der Waals surface area (Å²) in [4.78, 5) is 12.0. The van der Waals surface area contributed by atoms with E-state index in [9.17, 15) is 4.79 Å². The first-order valence-corrected chi connectivity index (χ1v) is 7.76. The van der Waals surface area contributed by atoms with Crippen LogP contribution in [-0.2, 0) is 4.79 Å². The molecule has 0 heterocycles. The number of hydrogen-bond donors (Lipinski definition) is 2. The lowest BCUT2D eigenvalue weighted by atomic mass is 10.1. The average Bonchev–Trinajstić information content (AvgIpc) is 2.43. The SMILES string of the molecule is CCCCCNC(=O)C(C)Oc1cc(C)ccc1[C@@H](C)N. The first kappa shape index (κ1) is 17.5. The van der Waals surface area contributed by atoms with Crippen LogP contribution in [0.5, 0.6) is 5.75 Å². The van der Waals surface area contributed by atoms with Crippen molar-refractivity contribution >= 4 is 5.91 Å². The molecule has 1 rings (SSSR count). The van der Waals surface area contributed by atoms with Crippen molar-refractivity contribution in [2.75, 3.05) is 6.54 Å². The van der Waals surface area contributed by atoms with Gasteiger partial charge in [-0.15, -0.1) is 0 Å². The summed E-state index contributed by atoms with van der Waals surface area (Å²) >= 11 is 0. The van der Waals surface area contributed by atoms with Gasteiger partial charge in [-0.2, -0.15) is 0 Å². The number of ether oxygens (including phenoxy) is 1. The van der Waals surface area contributed by atoms with E-state index in [1.165, 1.54) is 0 Å². The molecule has 0 spiro atoms. The van der Waals surface area contributed by atoms with Crippen LogP contribution in [0.4, 0.5) is 0 Å². The van der Waals surface area contributed by atoms with Crippen LogP contribution >= 0.6 is 0 Å². The van der Waals surface area contributed by atoms with E-state index in [0.717, 1.165) is 30.4 Å². The number of nitrogens with two attached hydrogens (primary N) is 1. The largest absolute Gasteiger partial charge is 0.481 e. The van der Waals surface area contributed by atoms with Gasteiger partial charge in [-0.05, 0) is 38.8 Å². The van der Waals surface area contributed by atoms with Crippen LogP contribution in [0.2, 0.25) is 0 Å². The summed E-state index contributed by atoms with van der Waals surface area (Å²) in [5, 5.41) is 2.91. The fourth-order valence-corrected chi connectivity index (χ4v) is 2.09. The number of amides is 1. The molecule has 0 aromatic heterocycles. The number of rotatable bonds is 8. The molecule has 0 radical (unpaired) electrons. The van der Waals surface area contributed by atoms with Gasteiger partial charge in [0.25, 0.3) is 5.91 Å². The van der Waals surface area contributed by atoms with Gasteiger partial charge in [-0.25, -0.2) is 0 Å². The maximum Gasteiger partial charge on any atom is 0.260 e. The molecule has 118 valence electrons. The monoisotopic (exact) mass is 292 g/mol. The Morgan fingerprint density at radius 1 is 1.33 bits per heavy atom. The topological polar surface area (TPSA) is 64.3 Å². The predicted octanol–water partition coefficient (Wildman–Crippen LogP) is 3.09. The maximum atomic E-state index is 12.0. The minimum absolute atomic E-state index is 0.0803. The second-order valence-electron chi connectivity index (χ2n) is 5.59. The number of aryl methyl sites for hydroxylation is 1. The molecule has 0 aliphatic carbocycles. The van der Waals surface area contributed by atoms with Crippen molar-refractivity contribution in [1.82, 2.24) is 5.32 Å². The van der Waals surface area contributed by atoms with E-state index in [2.05, 4.69) is 12.2 Å². The van der Waals surface area contributed by atoms with Gasteiger partial charge in [0.05, 0.1) is 0 Å². The van der Waals surface area contributed by atoms with E-state index in [-0.39, 0.29) is 11.9 Å². The van der Waals surface area contributed by atoms with Gasteiger partial charge in [0.15, 0.2) is 6.10 Å². The molecular formula is C17H28N2O2. The molecule has 1 aromatic carbocycles. The molecule has 4 heteroatoms. The van der Waals surface area contributed by atoms with Crippen molar-refractivity contribution < 1.29 is 9.53 Å². The highest BCUT2D eigenvalue weighted by atomic mass is 16.5. The van der Waals surface area contributed by atoms with Gasteiger partial charge in [-0.3, -0.25) is 4.79 Å². The molecule has 0 aliphatic rings. The van der Waals surface area contributed by atoms with Gasteiger partial charge >= 0.3 is 0 Å². The van der Waals surface area contributed by atoms with Crippen molar-refractivity contribution in [3.63, 3.8) is 0 Å². The minimum atomic E-state index is -0.522. The summed E-state index contributed by atoms with van der Waals surface area (Å²) in [7, 11) is 0. The van der Waals surface area contributed by atoms with Crippen molar-refractivity contribution in [3.8, 4) is 5.75 Å². The molecule has 0 aliphatic heterocycles. The normalized spacial score (nSPS) is 13.6. The Bertz CT molecular complexity index is 458. The second-order valence-corrected chi connectivity index (χ2v) is 5.59. The number of nitrogens with one attached hydrogen (secondary N) is 1. The molecular weight excluding hydrogens is 264 g/mol. The lowest BCUT2D eigenvalue weighted by molar-refractivity contribution is -0.127. The number of hydrogen-bond acceptors (Lipinski definition) is 3. The van der Waals surface area contributed by atoms with Gasteiger partial charge in [0.1, 0.15) is 5.75 Å². The summed E-state index contributed by atoms with van der Waals surface area (Å²) in [6.07, 6.45) is 2.75. The van der Waals surface area contributed by atoms with Crippen molar-refractivity contribution in [2.24, 2.45) is 5.73 Å². The zero-order valence-electron chi connectivity index (χ0n) is 13.6. The number of benzene rings is 1. The Balaban J connectivity index is 2.63. The molecule has 2 atom stereocenters. The number of carbonyl (C=O) groups is 1. The summed E-state index contributed by atoms with van der Waals surface area (Å²) in [5.41, 5.74) is 7.96. The summed E-state index contributed by atoms with van der Waals surface area (Å²) in [6, 6.07) is 5.77. The van der Waals surface area contributed by atoms with Crippen molar-refractivity contribution in [3.05, 3.63) is 29.3 Å². The Kier molecular flexibility index (Phi) is 7.23. The molecule has 0 fully saturated rings. The third kappa shape index (κ3) is 5.76. The average molecular weight is 292 g/mol. The van der Waals surface area contributed by atoms with Crippen LogP contribution in [-0.4, -0.2) is 18.6 Å². The fourth-order valence-electron chi connectivity index (χ4n) is 2.09. The molecule has 0 bridgehead atoms. The van der Waals surface area contributed by atoms with Crippen LogP contribution in [0.25, 0.3) is 0 Å². The Labute approximate surface area is 128 Å². The predicted molar refractivity (Wildman–Crippen MR) is 86.4 cm³/mol. The molecule has 4 nitrogen and oxygen atoms in total. The van der Waals surface area contributed by atoms with Crippen LogP contribution in [0, 0.1) is 6.92 Å². The highest BCUT2D eigenvalue weighted by Crippen LogP contribution is 2.26. The summed E-state index contributed by atoms with van der Waals surface area (Å²) < 4.78 is 5.81. The molecule has 0 saturated carbocycles. The van der Waals surface area contributed by atoms with E-state index in [1.54, 1.807) is 6.92 Å². The summed E-state index contributed by atoms with van der Waals surface area (Å²) in [5.74, 6) is 0.615. The first-order valence-electron chi connectivity index (χ1n) is 7.76. The van der Waals surface area contributed by atoms with E-state index < -0.39 is 6.10 Å². The van der Waals surface area contributed by atoms with E-state index >= 15 is 0 Å². The van der Waals surface area contributed by atoms with E-state index in [1.807, 2.05) is 32.0 Å². The Morgan fingerprint density at radius 2 is 2.05 bits per heavy atom. The highest BCUT2D eigenvalue weighted by Gasteiger charge is 2.17. The third-order valence-electron chi connectivity index (χ3n) is 3.41. The molecule has 1 aromatic rings. The van der Waals surface area contributed by atoms with Gasteiger partial charge in [0, 0.05) is 18.2 Å². The van der Waals surface area contributed by atoms with Gasteiger partial charge in [-0.1, -0.05) is 31.9 Å². The third-order valence-corrected chi connectivity index (χ3v) is 3.41. The Hall–Kier alpha value is -1.55. The Morgan fingerprint density at radius 3 is 2.67 bits per heavy atom. The standard InChI is InChI=1S/C17H28N2O2/c1-5-6-7-10-19-17(20)14(4)21-16-11-12(2)8-9-15(16)13(3)18/h8-9,11,13-14H,5-7,10,18H2,1-4H3,(H,19,20)/t13-,14?/m1/s1. The molecule has 0 saturated heterocycles. The zero-order valence-corrected chi connectivity index (χ0v) is 13.6. The quantitative estimate of drug-likeness (QED) is 0.724. The highest BCUT2D eigenvalue weighted by molar-refractivity contribution is 5.80. The molecule has 1 amide bonds. The van der Waals surface area contributed by atoms with Crippen molar-refractivity contribution in [1.29, 1.82) is 0 Å². The van der Waals surface area contributed by atoms with Crippen LogP contribution in [0.1, 0.15) is 57.2 Å². The zero-order chi connectivity index (χ0) is 15.8. The molecule has 3 N–H and O–H groups in total. The lowest BCUT2D eigenvalue weighted by Crippen LogP contribution is -2.37. The van der Waals surface area contributed by atoms with Gasteiger partial charge < -0.3 is 15.8 Å². The first-order chi connectivity index (χ1) is 9.95. The molecule has 1 unspecified atom stereocenters. The van der Waals surface area contributed by atoms with Crippen LogP contribution < -0.4 is 15.8 Å². The lowest BCUT2D eigenvalue weighted by Gasteiger charge is -2.19. The fraction of sp³-hybridized carbons (Fsp3) is 0.588. The van der Waals surface area contributed by atoms with E-state index in [4.69, 9.17) is 10.5 Å². The second kappa shape index (κ2) is 8.67. The summed E-state index contributed by atoms with van der Waals surface area (Å²) in [6.45, 7) is 8.51. The smallest absolute Gasteiger partial charge is 0.260 e. The number of unbranched alkanes of at least 4 members (excludes halogenated alkanes) is 2. The van der Waals surface area contributed by atoms with Crippen LogP contribution in [0.3, 0.4) is 0 Å². The number of carbonyl (C=O) groups excluding carboxylic acids is 1.